The molecular formula is C13H20N2O. The van der Waals surface area contributed by atoms with Crippen LogP contribution in [0, 0.1) is 0 Å². The van der Waals surface area contributed by atoms with Gasteiger partial charge in [0, 0.05) is 6.04 Å². The van der Waals surface area contributed by atoms with Crippen LogP contribution in [0.1, 0.15) is 27.7 Å². The average molecular weight is 220 g/mol. The maximum Gasteiger partial charge on any atom is 0.145 e. The summed E-state index contributed by atoms with van der Waals surface area (Å²) >= 11 is 0. The minimum atomic E-state index is -0.162. The van der Waals surface area contributed by atoms with E-state index in [0.29, 0.717) is 6.04 Å². The van der Waals surface area contributed by atoms with Crippen LogP contribution in [0.4, 0.5) is 11.4 Å². The van der Waals surface area contributed by atoms with Crippen LogP contribution in [0.25, 0.3) is 0 Å². The van der Waals surface area contributed by atoms with Gasteiger partial charge in [-0.05, 0) is 39.8 Å². The summed E-state index contributed by atoms with van der Waals surface area (Å²) in [5.74, 6) is 0.893. The molecule has 0 unspecified atom stereocenters. The first-order valence-corrected chi connectivity index (χ1v) is 5.75. The van der Waals surface area contributed by atoms with Crippen molar-refractivity contribution in [1.29, 1.82) is 0 Å². The van der Waals surface area contributed by atoms with Crippen molar-refractivity contribution >= 4 is 11.4 Å². The lowest BCUT2D eigenvalue weighted by molar-refractivity contribution is 0.103. The molecule has 1 aromatic carbocycles. The first kappa shape index (κ1) is 11.1. The molecule has 0 spiro atoms. The molecule has 0 saturated heterocycles. The van der Waals surface area contributed by atoms with Gasteiger partial charge in [-0.25, -0.2) is 0 Å². The maximum absolute atomic E-state index is 6.04. The number of para-hydroxylation sites is 1. The second-order valence-electron chi connectivity index (χ2n) is 5.28. The number of nitrogen functional groups attached to an aromatic ring is 1. The Hall–Kier alpha value is -1.38. The summed E-state index contributed by atoms with van der Waals surface area (Å²) in [6.45, 7) is 9.43. The van der Waals surface area contributed by atoms with Gasteiger partial charge in [-0.2, -0.15) is 0 Å². The largest absolute Gasteiger partial charge is 0.484 e. The number of anilines is 2. The molecule has 88 valence electrons. The average Bonchev–Trinajstić information content (AvgIpc) is 2.14. The van der Waals surface area contributed by atoms with Crippen LogP contribution in [0.5, 0.6) is 5.75 Å². The van der Waals surface area contributed by atoms with Gasteiger partial charge in [0.15, 0.2) is 0 Å². The van der Waals surface area contributed by atoms with Crippen LogP contribution in [0.2, 0.25) is 0 Å². The summed E-state index contributed by atoms with van der Waals surface area (Å²) in [5.41, 5.74) is 7.71. The van der Waals surface area contributed by atoms with Crippen molar-refractivity contribution in [3.05, 3.63) is 18.2 Å². The number of ether oxygens (including phenoxy) is 1. The van der Waals surface area contributed by atoms with Crippen LogP contribution < -0.4 is 15.4 Å². The van der Waals surface area contributed by atoms with Crippen LogP contribution in [-0.4, -0.2) is 18.2 Å². The summed E-state index contributed by atoms with van der Waals surface area (Å²) in [6, 6.07) is 6.28. The molecule has 16 heavy (non-hydrogen) atoms. The van der Waals surface area contributed by atoms with Gasteiger partial charge >= 0.3 is 0 Å². The predicted molar refractivity (Wildman–Crippen MR) is 68.0 cm³/mol. The number of hydrogen-bond acceptors (Lipinski definition) is 3. The fourth-order valence-corrected chi connectivity index (χ4v) is 2.19. The van der Waals surface area contributed by atoms with Crippen LogP contribution in [0.3, 0.4) is 0 Å². The van der Waals surface area contributed by atoms with E-state index in [9.17, 15) is 0 Å². The fourth-order valence-electron chi connectivity index (χ4n) is 2.19. The number of rotatable bonds is 1. The number of nitrogens with zero attached hydrogens (tertiary/aromatic N) is 1. The van der Waals surface area contributed by atoms with E-state index in [2.05, 4.69) is 32.6 Å². The van der Waals surface area contributed by atoms with Crippen molar-refractivity contribution in [3.63, 3.8) is 0 Å². The quantitative estimate of drug-likeness (QED) is 0.739. The summed E-state index contributed by atoms with van der Waals surface area (Å²) in [7, 11) is 0. The lowest BCUT2D eigenvalue weighted by Gasteiger charge is -2.43. The molecule has 0 radical (unpaired) electrons. The third-order valence-corrected chi connectivity index (χ3v) is 2.88. The molecule has 3 nitrogen and oxygen atoms in total. The van der Waals surface area contributed by atoms with Crippen molar-refractivity contribution in [1.82, 2.24) is 0 Å². The van der Waals surface area contributed by atoms with Gasteiger partial charge in [0.25, 0.3) is 0 Å². The Kier molecular flexibility index (Phi) is 2.49. The molecule has 1 aromatic rings. The molecule has 0 bridgehead atoms. The molecule has 1 aliphatic heterocycles. The molecular weight excluding hydrogens is 200 g/mol. The molecule has 0 aromatic heterocycles. The Bertz CT molecular complexity index is 399. The van der Waals surface area contributed by atoms with Crippen molar-refractivity contribution < 1.29 is 4.74 Å². The molecule has 1 heterocycles. The van der Waals surface area contributed by atoms with Crippen LogP contribution >= 0.6 is 0 Å². The molecule has 0 amide bonds. The topological polar surface area (TPSA) is 38.5 Å². The van der Waals surface area contributed by atoms with E-state index in [0.717, 1.165) is 23.7 Å². The monoisotopic (exact) mass is 220 g/mol. The molecule has 3 heteroatoms. The van der Waals surface area contributed by atoms with Gasteiger partial charge in [0.05, 0.1) is 12.2 Å². The highest BCUT2D eigenvalue weighted by atomic mass is 16.5. The zero-order valence-corrected chi connectivity index (χ0v) is 10.4. The van der Waals surface area contributed by atoms with Gasteiger partial charge in [0.2, 0.25) is 0 Å². The Morgan fingerprint density at radius 3 is 2.69 bits per heavy atom. The highest BCUT2D eigenvalue weighted by Gasteiger charge is 2.33. The Morgan fingerprint density at radius 1 is 1.38 bits per heavy atom. The van der Waals surface area contributed by atoms with Crippen molar-refractivity contribution in [2.45, 2.75) is 39.3 Å². The number of benzene rings is 1. The smallest absolute Gasteiger partial charge is 0.145 e. The van der Waals surface area contributed by atoms with Crippen molar-refractivity contribution in [3.8, 4) is 5.75 Å². The maximum atomic E-state index is 6.04. The van der Waals surface area contributed by atoms with E-state index in [4.69, 9.17) is 10.5 Å². The third-order valence-electron chi connectivity index (χ3n) is 2.88. The first-order valence-electron chi connectivity index (χ1n) is 5.75. The van der Waals surface area contributed by atoms with Crippen molar-refractivity contribution in [2.75, 3.05) is 17.2 Å². The molecule has 0 saturated carbocycles. The van der Waals surface area contributed by atoms with E-state index in [1.165, 1.54) is 0 Å². The minimum absolute atomic E-state index is 0.162. The predicted octanol–water partition coefficient (Wildman–Crippen LogP) is 2.65. The molecule has 1 aliphatic rings. The first-order chi connectivity index (χ1) is 7.41. The standard InChI is InChI=1S/C13H20N2O/c1-9(2)15-8-13(3,4)16-11-7-5-6-10(14)12(11)15/h5-7,9H,8,14H2,1-4H3. The normalized spacial score (nSPS) is 18.2. The summed E-state index contributed by atoms with van der Waals surface area (Å²) in [6.07, 6.45) is 0. The summed E-state index contributed by atoms with van der Waals surface area (Å²) < 4.78 is 5.96. The number of hydrogen-bond donors (Lipinski definition) is 1. The highest BCUT2D eigenvalue weighted by molar-refractivity contribution is 5.76. The molecule has 2 N–H and O–H groups in total. The van der Waals surface area contributed by atoms with Gasteiger partial charge in [-0.1, -0.05) is 6.07 Å². The zero-order chi connectivity index (χ0) is 11.9. The zero-order valence-electron chi connectivity index (χ0n) is 10.4. The number of nitrogens with two attached hydrogens (primary N) is 1. The second-order valence-corrected chi connectivity index (χ2v) is 5.28. The van der Waals surface area contributed by atoms with E-state index in [1.54, 1.807) is 0 Å². The molecule has 0 atom stereocenters. The summed E-state index contributed by atoms with van der Waals surface area (Å²) in [4.78, 5) is 2.31. The van der Waals surface area contributed by atoms with Gasteiger partial charge < -0.3 is 15.4 Å². The van der Waals surface area contributed by atoms with E-state index in [-0.39, 0.29) is 5.60 Å². The third kappa shape index (κ3) is 1.82. The van der Waals surface area contributed by atoms with Crippen molar-refractivity contribution in [2.24, 2.45) is 0 Å². The van der Waals surface area contributed by atoms with E-state index in [1.807, 2.05) is 18.2 Å². The molecule has 0 aliphatic carbocycles. The highest BCUT2D eigenvalue weighted by Crippen LogP contribution is 2.41. The van der Waals surface area contributed by atoms with Crippen LogP contribution in [0.15, 0.2) is 18.2 Å². The molecule has 0 fully saturated rings. The van der Waals surface area contributed by atoms with Crippen LogP contribution in [-0.2, 0) is 0 Å². The minimum Gasteiger partial charge on any atom is -0.484 e. The molecule has 2 rings (SSSR count). The Labute approximate surface area is 97.2 Å². The lowest BCUT2D eigenvalue weighted by Crippen LogP contribution is -2.49. The second kappa shape index (κ2) is 3.58. The summed E-state index contributed by atoms with van der Waals surface area (Å²) in [5, 5.41) is 0. The van der Waals surface area contributed by atoms with Gasteiger partial charge in [0.1, 0.15) is 17.0 Å². The SMILES string of the molecule is CC(C)N1CC(C)(C)Oc2cccc(N)c21. The Morgan fingerprint density at radius 2 is 2.06 bits per heavy atom. The van der Waals surface area contributed by atoms with E-state index < -0.39 is 0 Å². The van der Waals surface area contributed by atoms with Gasteiger partial charge in [-0.3, -0.25) is 0 Å². The number of fused-ring (bicyclic) bond motifs is 1. The Balaban J connectivity index is 2.52. The fraction of sp³-hybridized carbons (Fsp3) is 0.538. The lowest BCUT2D eigenvalue weighted by atomic mass is 10.0. The van der Waals surface area contributed by atoms with E-state index >= 15 is 0 Å². The van der Waals surface area contributed by atoms with Gasteiger partial charge in [-0.15, -0.1) is 0 Å².